The molecule has 0 aliphatic heterocycles. The van der Waals surface area contributed by atoms with E-state index in [9.17, 15) is 4.79 Å². The first-order valence-electron chi connectivity index (χ1n) is 6.99. The highest BCUT2D eigenvalue weighted by atomic mass is 35.5. The first-order chi connectivity index (χ1) is 11.3. The van der Waals surface area contributed by atoms with Crippen LogP contribution < -0.4 is 0 Å². The van der Waals surface area contributed by atoms with Gasteiger partial charge < -0.3 is 5.11 Å². The fourth-order valence-electron chi connectivity index (χ4n) is 2.18. The molecule has 0 saturated carbocycles. The molecular weight excluding hydrogens is 369 g/mol. The zero-order valence-electron chi connectivity index (χ0n) is 12.8. The molecule has 0 bridgehead atoms. The Labute approximate surface area is 152 Å². The molecule has 0 aliphatic carbocycles. The average molecular weight is 382 g/mol. The maximum atomic E-state index is 11.0. The van der Waals surface area contributed by atoms with Gasteiger partial charge >= 0.3 is 5.97 Å². The number of thiazole rings is 1. The van der Waals surface area contributed by atoms with Crippen LogP contribution in [0.2, 0.25) is 10.0 Å². The summed E-state index contributed by atoms with van der Waals surface area (Å²) in [5.74, 6) is -1.01. The predicted molar refractivity (Wildman–Crippen MR) is 95.2 cm³/mol. The van der Waals surface area contributed by atoms with Crippen LogP contribution >= 0.6 is 34.5 Å². The smallest absolute Gasteiger partial charge is 0.338 e. The Morgan fingerprint density at radius 2 is 2.04 bits per heavy atom. The quantitative estimate of drug-likeness (QED) is 0.704. The van der Waals surface area contributed by atoms with Gasteiger partial charge in [0.15, 0.2) is 0 Å². The summed E-state index contributed by atoms with van der Waals surface area (Å²) < 4.78 is 1.61. The fraction of sp³-hybridized carbons (Fsp3) is 0.188. The third-order valence-corrected chi connectivity index (χ3v) is 5.54. The van der Waals surface area contributed by atoms with E-state index in [1.807, 2.05) is 25.3 Å². The third-order valence-electron chi connectivity index (χ3n) is 3.65. The highest BCUT2D eigenvalue weighted by molar-refractivity contribution is 7.10. The van der Waals surface area contributed by atoms with Gasteiger partial charge in [-0.05, 0) is 26.0 Å². The molecule has 2 heterocycles. The van der Waals surface area contributed by atoms with Gasteiger partial charge in [-0.3, -0.25) is 4.68 Å². The van der Waals surface area contributed by atoms with Crippen molar-refractivity contribution in [3.8, 4) is 11.3 Å². The summed E-state index contributed by atoms with van der Waals surface area (Å²) in [5, 5.41) is 16.9. The van der Waals surface area contributed by atoms with Gasteiger partial charge in [0.2, 0.25) is 0 Å². The highest BCUT2D eigenvalue weighted by Crippen LogP contribution is 2.33. The second-order valence-corrected chi connectivity index (χ2v) is 7.38. The lowest BCUT2D eigenvalue weighted by Gasteiger charge is -2.22. The standard InChI is InChI=1S/C16H13Cl2N3O2S/c1-16(2,21-7-10(6-19-21)14(22)23)15-20-13(8-24-15)9-3-4-11(17)12(18)5-9/h3-8H,1-2H3,(H,22,23). The van der Waals surface area contributed by atoms with E-state index in [1.165, 1.54) is 23.7 Å². The summed E-state index contributed by atoms with van der Waals surface area (Å²) in [7, 11) is 0. The SMILES string of the molecule is CC(C)(c1nc(-c2ccc(Cl)c(Cl)c2)cs1)n1cc(C(=O)O)cn1. The van der Waals surface area contributed by atoms with Gasteiger partial charge in [0.1, 0.15) is 10.5 Å². The molecule has 2 aromatic heterocycles. The van der Waals surface area contributed by atoms with E-state index in [4.69, 9.17) is 28.3 Å². The average Bonchev–Trinajstić information content (AvgIpc) is 3.19. The number of benzene rings is 1. The van der Waals surface area contributed by atoms with E-state index < -0.39 is 11.5 Å². The van der Waals surface area contributed by atoms with E-state index in [1.54, 1.807) is 16.8 Å². The first kappa shape index (κ1) is 17.0. The van der Waals surface area contributed by atoms with E-state index in [0.717, 1.165) is 16.3 Å². The molecule has 8 heteroatoms. The molecule has 0 spiro atoms. The minimum absolute atomic E-state index is 0.143. The van der Waals surface area contributed by atoms with Crippen molar-refractivity contribution in [1.82, 2.24) is 14.8 Å². The van der Waals surface area contributed by atoms with Crippen LogP contribution in [0, 0.1) is 0 Å². The monoisotopic (exact) mass is 381 g/mol. The van der Waals surface area contributed by atoms with Crippen LogP contribution in [-0.4, -0.2) is 25.8 Å². The number of carboxylic acids is 1. The number of rotatable bonds is 4. The summed E-state index contributed by atoms with van der Waals surface area (Å²) in [6.07, 6.45) is 2.83. The minimum Gasteiger partial charge on any atom is -0.478 e. The number of hydrogen-bond acceptors (Lipinski definition) is 4. The second kappa shape index (κ2) is 6.20. The van der Waals surface area contributed by atoms with Gasteiger partial charge in [-0.1, -0.05) is 29.3 Å². The molecule has 0 unspecified atom stereocenters. The summed E-state index contributed by atoms with van der Waals surface area (Å²) in [6.45, 7) is 3.87. The molecule has 1 N–H and O–H groups in total. The number of aromatic nitrogens is 3. The van der Waals surface area contributed by atoms with Gasteiger partial charge in [0, 0.05) is 17.1 Å². The fourth-order valence-corrected chi connectivity index (χ4v) is 3.42. The molecule has 0 saturated heterocycles. The van der Waals surface area contributed by atoms with Gasteiger partial charge in [0.25, 0.3) is 0 Å². The van der Waals surface area contributed by atoms with Crippen LogP contribution in [0.15, 0.2) is 36.0 Å². The molecule has 3 aromatic rings. The molecule has 0 radical (unpaired) electrons. The second-order valence-electron chi connectivity index (χ2n) is 5.70. The van der Waals surface area contributed by atoms with Crippen LogP contribution in [0.1, 0.15) is 29.2 Å². The van der Waals surface area contributed by atoms with Crippen molar-refractivity contribution in [2.24, 2.45) is 0 Å². The topological polar surface area (TPSA) is 68.0 Å². The van der Waals surface area contributed by atoms with Gasteiger partial charge in [-0.2, -0.15) is 5.10 Å². The first-order valence-corrected chi connectivity index (χ1v) is 8.62. The zero-order chi connectivity index (χ0) is 17.5. The Morgan fingerprint density at radius 1 is 1.29 bits per heavy atom. The predicted octanol–water partition coefficient (Wildman–Crippen LogP) is 4.80. The highest BCUT2D eigenvalue weighted by Gasteiger charge is 2.28. The lowest BCUT2D eigenvalue weighted by molar-refractivity contribution is 0.0696. The summed E-state index contributed by atoms with van der Waals surface area (Å²) >= 11 is 13.5. The minimum atomic E-state index is -1.01. The van der Waals surface area contributed by atoms with Crippen molar-refractivity contribution in [2.45, 2.75) is 19.4 Å². The van der Waals surface area contributed by atoms with Crippen LogP contribution in [0.5, 0.6) is 0 Å². The largest absolute Gasteiger partial charge is 0.478 e. The molecule has 3 rings (SSSR count). The molecule has 24 heavy (non-hydrogen) atoms. The van der Waals surface area contributed by atoms with Gasteiger partial charge in [-0.25, -0.2) is 9.78 Å². The van der Waals surface area contributed by atoms with Crippen molar-refractivity contribution in [3.63, 3.8) is 0 Å². The van der Waals surface area contributed by atoms with Crippen LogP contribution in [0.25, 0.3) is 11.3 Å². The molecular formula is C16H13Cl2N3O2S. The molecule has 0 aliphatic rings. The maximum Gasteiger partial charge on any atom is 0.338 e. The molecule has 0 amide bonds. The zero-order valence-corrected chi connectivity index (χ0v) is 15.2. The Morgan fingerprint density at radius 3 is 2.67 bits per heavy atom. The van der Waals surface area contributed by atoms with Crippen molar-refractivity contribution in [3.05, 3.63) is 56.6 Å². The number of carboxylic acid groups (broad SMARTS) is 1. The van der Waals surface area contributed by atoms with E-state index in [-0.39, 0.29) is 5.56 Å². The van der Waals surface area contributed by atoms with Gasteiger partial charge in [-0.15, -0.1) is 11.3 Å². The maximum absolute atomic E-state index is 11.0. The summed E-state index contributed by atoms with van der Waals surface area (Å²) in [6, 6.07) is 5.36. The Kier molecular flexibility index (Phi) is 4.38. The van der Waals surface area contributed by atoms with Crippen molar-refractivity contribution < 1.29 is 9.90 Å². The number of aromatic carboxylic acids is 1. The summed E-state index contributed by atoms with van der Waals surface area (Å²) in [5.41, 5.74) is 1.22. The van der Waals surface area contributed by atoms with E-state index in [0.29, 0.717) is 10.0 Å². The van der Waals surface area contributed by atoms with Crippen molar-refractivity contribution in [1.29, 1.82) is 0 Å². The van der Waals surface area contributed by atoms with E-state index in [2.05, 4.69) is 10.1 Å². The van der Waals surface area contributed by atoms with E-state index >= 15 is 0 Å². The molecule has 0 fully saturated rings. The lowest BCUT2D eigenvalue weighted by Crippen LogP contribution is -2.28. The summed E-state index contributed by atoms with van der Waals surface area (Å²) in [4.78, 5) is 15.7. The van der Waals surface area contributed by atoms with Gasteiger partial charge in [0.05, 0.1) is 27.5 Å². The normalized spacial score (nSPS) is 11.7. The molecule has 5 nitrogen and oxygen atoms in total. The van der Waals surface area contributed by atoms with Crippen LogP contribution in [0.4, 0.5) is 0 Å². The number of carbonyl (C=O) groups is 1. The van der Waals surface area contributed by atoms with Crippen molar-refractivity contribution in [2.75, 3.05) is 0 Å². The molecule has 124 valence electrons. The number of halogens is 2. The van der Waals surface area contributed by atoms with Crippen LogP contribution in [0.3, 0.4) is 0 Å². The molecule has 0 atom stereocenters. The Hall–Kier alpha value is -1.89. The van der Waals surface area contributed by atoms with Crippen LogP contribution in [-0.2, 0) is 5.54 Å². The number of hydrogen-bond donors (Lipinski definition) is 1. The Balaban J connectivity index is 1.96. The lowest BCUT2D eigenvalue weighted by atomic mass is 10.1. The Bertz CT molecular complexity index is 918. The van der Waals surface area contributed by atoms with Crippen molar-refractivity contribution >= 4 is 40.5 Å². The number of nitrogens with zero attached hydrogens (tertiary/aromatic N) is 3. The third kappa shape index (κ3) is 3.05. The molecule has 1 aromatic carbocycles.